The van der Waals surface area contributed by atoms with Gasteiger partial charge >= 0.3 is 0 Å². The lowest BCUT2D eigenvalue weighted by Crippen LogP contribution is -2.39. The van der Waals surface area contributed by atoms with Crippen molar-refractivity contribution in [1.82, 2.24) is 9.62 Å². The smallest absolute Gasteiger partial charge is 0.208 e. The van der Waals surface area contributed by atoms with Gasteiger partial charge in [-0.3, -0.25) is 0 Å². The lowest BCUT2D eigenvalue weighted by Gasteiger charge is -2.30. The Morgan fingerprint density at radius 1 is 1.40 bits per heavy atom. The molecule has 15 heavy (non-hydrogen) atoms. The van der Waals surface area contributed by atoms with Crippen LogP contribution in [0.3, 0.4) is 0 Å². The largest absolute Gasteiger partial charge is 0.396 e. The maximum absolute atomic E-state index is 10.8. The van der Waals surface area contributed by atoms with E-state index in [9.17, 15) is 8.42 Å². The topological polar surface area (TPSA) is 69.6 Å². The van der Waals surface area contributed by atoms with E-state index in [4.69, 9.17) is 5.11 Å². The molecule has 1 aliphatic rings. The first-order chi connectivity index (χ1) is 7.01. The van der Waals surface area contributed by atoms with Crippen LogP contribution in [0.4, 0.5) is 0 Å². The summed E-state index contributed by atoms with van der Waals surface area (Å²) in [7, 11) is -3.06. The molecule has 5 nitrogen and oxygen atoms in total. The first-order valence-corrected chi connectivity index (χ1v) is 7.18. The molecule has 1 rings (SSSR count). The number of piperidine rings is 1. The molecular formula is C9H20N2O3S. The Morgan fingerprint density at radius 2 is 2.00 bits per heavy atom. The summed E-state index contributed by atoms with van der Waals surface area (Å²) >= 11 is 0. The summed E-state index contributed by atoms with van der Waals surface area (Å²) in [5.41, 5.74) is 0. The molecule has 0 atom stereocenters. The van der Waals surface area contributed by atoms with Crippen LogP contribution in [0.2, 0.25) is 0 Å². The SMILES string of the molecule is CS(=O)(=O)NCCN1CCC(CO)CC1. The van der Waals surface area contributed by atoms with Crippen molar-refractivity contribution in [1.29, 1.82) is 0 Å². The molecule has 0 aromatic carbocycles. The van der Waals surface area contributed by atoms with Gasteiger partial charge in [-0.2, -0.15) is 0 Å². The van der Waals surface area contributed by atoms with Gasteiger partial charge in [0.2, 0.25) is 10.0 Å². The van der Waals surface area contributed by atoms with E-state index < -0.39 is 10.0 Å². The van der Waals surface area contributed by atoms with E-state index in [2.05, 4.69) is 9.62 Å². The molecule has 0 radical (unpaired) electrons. The van der Waals surface area contributed by atoms with Crippen molar-refractivity contribution in [2.75, 3.05) is 39.0 Å². The lowest BCUT2D eigenvalue weighted by atomic mass is 9.98. The Bertz CT molecular complexity index is 271. The number of nitrogens with one attached hydrogen (secondary N) is 1. The van der Waals surface area contributed by atoms with Crippen molar-refractivity contribution in [2.24, 2.45) is 5.92 Å². The van der Waals surface area contributed by atoms with E-state index in [-0.39, 0.29) is 6.61 Å². The van der Waals surface area contributed by atoms with Crippen LogP contribution in [0.1, 0.15) is 12.8 Å². The van der Waals surface area contributed by atoms with Gasteiger partial charge in [0, 0.05) is 19.7 Å². The van der Waals surface area contributed by atoms with Gasteiger partial charge in [-0.05, 0) is 31.8 Å². The number of aliphatic hydroxyl groups is 1. The Labute approximate surface area is 91.5 Å². The summed E-state index contributed by atoms with van der Waals surface area (Å²) in [4.78, 5) is 2.23. The van der Waals surface area contributed by atoms with Crippen molar-refractivity contribution in [3.8, 4) is 0 Å². The minimum absolute atomic E-state index is 0.273. The maximum atomic E-state index is 10.8. The summed E-state index contributed by atoms with van der Waals surface area (Å²) < 4.78 is 24.1. The second kappa shape index (κ2) is 5.79. The predicted molar refractivity (Wildman–Crippen MR) is 59.1 cm³/mol. The third-order valence-corrected chi connectivity index (χ3v) is 3.49. The van der Waals surface area contributed by atoms with Gasteiger partial charge in [0.05, 0.1) is 6.26 Å². The average molecular weight is 236 g/mol. The van der Waals surface area contributed by atoms with Crippen LogP contribution in [-0.4, -0.2) is 57.5 Å². The molecule has 0 aliphatic carbocycles. The molecule has 0 aromatic rings. The standard InChI is InChI=1S/C9H20N2O3S/c1-15(13,14)10-4-7-11-5-2-9(8-12)3-6-11/h9-10,12H,2-8H2,1H3. The number of hydrogen-bond acceptors (Lipinski definition) is 4. The molecule has 1 heterocycles. The third kappa shape index (κ3) is 5.46. The zero-order valence-corrected chi connectivity index (χ0v) is 9.96. The molecule has 0 saturated carbocycles. The van der Waals surface area contributed by atoms with Crippen LogP contribution in [0.25, 0.3) is 0 Å². The fourth-order valence-corrected chi connectivity index (χ4v) is 2.24. The van der Waals surface area contributed by atoms with Gasteiger partial charge < -0.3 is 10.0 Å². The zero-order valence-electron chi connectivity index (χ0n) is 9.15. The Morgan fingerprint density at radius 3 is 2.47 bits per heavy atom. The average Bonchev–Trinajstić information content (AvgIpc) is 2.17. The van der Waals surface area contributed by atoms with Crippen LogP contribution in [0.15, 0.2) is 0 Å². The van der Waals surface area contributed by atoms with E-state index in [1.807, 2.05) is 0 Å². The van der Waals surface area contributed by atoms with Gasteiger partial charge in [-0.25, -0.2) is 13.1 Å². The summed E-state index contributed by atoms with van der Waals surface area (Å²) in [5.74, 6) is 0.434. The highest BCUT2D eigenvalue weighted by Crippen LogP contribution is 2.15. The van der Waals surface area contributed by atoms with Crippen LogP contribution >= 0.6 is 0 Å². The van der Waals surface area contributed by atoms with E-state index in [1.165, 1.54) is 6.26 Å². The molecule has 1 saturated heterocycles. The first kappa shape index (κ1) is 12.9. The Balaban J connectivity index is 2.14. The Kier molecular flexibility index (Phi) is 4.98. The van der Waals surface area contributed by atoms with Gasteiger partial charge in [-0.1, -0.05) is 0 Å². The molecule has 0 bridgehead atoms. The molecule has 1 fully saturated rings. The Hall–Kier alpha value is -0.170. The van der Waals surface area contributed by atoms with Crippen LogP contribution < -0.4 is 4.72 Å². The first-order valence-electron chi connectivity index (χ1n) is 5.29. The third-order valence-electron chi connectivity index (χ3n) is 2.76. The number of nitrogens with zero attached hydrogens (tertiary/aromatic N) is 1. The molecule has 0 amide bonds. The van der Waals surface area contributed by atoms with Gasteiger partial charge in [0.15, 0.2) is 0 Å². The van der Waals surface area contributed by atoms with Gasteiger partial charge in [-0.15, -0.1) is 0 Å². The monoisotopic (exact) mass is 236 g/mol. The summed E-state index contributed by atoms with van der Waals surface area (Å²) in [6, 6.07) is 0. The second-order valence-corrected chi connectivity index (χ2v) is 5.97. The molecular weight excluding hydrogens is 216 g/mol. The summed E-state index contributed by atoms with van der Waals surface area (Å²) in [6.45, 7) is 3.41. The number of likely N-dealkylation sites (tertiary alicyclic amines) is 1. The van der Waals surface area contributed by atoms with Crippen molar-refractivity contribution in [2.45, 2.75) is 12.8 Å². The fraction of sp³-hybridized carbons (Fsp3) is 1.00. The summed E-state index contributed by atoms with van der Waals surface area (Å²) in [5, 5.41) is 8.95. The molecule has 1 aliphatic heterocycles. The molecule has 0 aromatic heterocycles. The van der Waals surface area contributed by atoms with E-state index in [0.29, 0.717) is 12.5 Å². The highest BCUT2D eigenvalue weighted by atomic mass is 32.2. The van der Waals surface area contributed by atoms with Crippen molar-refractivity contribution >= 4 is 10.0 Å². The van der Waals surface area contributed by atoms with E-state index >= 15 is 0 Å². The second-order valence-electron chi connectivity index (χ2n) is 4.13. The quantitative estimate of drug-likeness (QED) is 0.658. The number of sulfonamides is 1. The fourth-order valence-electron chi connectivity index (χ4n) is 1.78. The molecule has 0 unspecified atom stereocenters. The van der Waals surface area contributed by atoms with Gasteiger partial charge in [0.25, 0.3) is 0 Å². The number of hydrogen-bond donors (Lipinski definition) is 2. The van der Waals surface area contributed by atoms with Crippen molar-refractivity contribution < 1.29 is 13.5 Å². The summed E-state index contributed by atoms with van der Waals surface area (Å²) in [6.07, 6.45) is 3.19. The lowest BCUT2D eigenvalue weighted by molar-refractivity contribution is 0.133. The minimum Gasteiger partial charge on any atom is -0.396 e. The van der Waals surface area contributed by atoms with Crippen LogP contribution in [0, 0.1) is 5.92 Å². The van der Waals surface area contributed by atoms with E-state index in [1.54, 1.807) is 0 Å². The highest BCUT2D eigenvalue weighted by molar-refractivity contribution is 7.88. The van der Waals surface area contributed by atoms with Crippen LogP contribution in [-0.2, 0) is 10.0 Å². The minimum atomic E-state index is -3.06. The molecule has 2 N–H and O–H groups in total. The van der Waals surface area contributed by atoms with Crippen molar-refractivity contribution in [3.05, 3.63) is 0 Å². The number of aliphatic hydroxyl groups excluding tert-OH is 1. The normalized spacial score (nSPS) is 20.7. The van der Waals surface area contributed by atoms with Crippen LogP contribution in [0.5, 0.6) is 0 Å². The van der Waals surface area contributed by atoms with Crippen molar-refractivity contribution in [3.63, 3.8) is 0 Å². The number of rotatable bonds is 5. The maximum Gasteiger partial charge on any atom is 0.208 e. The van der Waals surface area contributed by atoms with E-state index in [0.717, 1.165) is 32.5 Å². The van der Waals surface area contributed by atoms with Gasteiger partial charge in [0.1, 0.15) is 0 Å². The highest BCUT2D eigenvalue weighted by Gasteiger charge is 2.17. The zero-order chi connectivity index (χ0) is 11.3. The molecule has 90 valence electrons. The molecule has 0 spiro atoms. The molecule has 6 heteroatoms. The predicted octanol–water partition coefficient (Wildman–Crippen LogP) is -0.760.